The molecule has 0 saturated heterocycles. The molecule has 2 aromatic carbocycles. The molecule has 1 aliphatic heterocycles. The summed E-state index contributed by atoms with van der Waals surface area (Å²) in [5.74, 6) is 0.699. The summed E-state index contributed by atoms with van der Waals surface area (Å²) in [6, 6.07) is 13.1. The van der Waals surface area contributed by atoms with Crippen LogP contribution in [0.1, 0.15) is 0 Å². The molecule has 0 spiro atoms. The second-order valence-corrected chi connectivity index (χ2v) is 4.13. The molecule has 0 saturated carbocycles. The summed E-state index contributed by atoms with van der Waals surface area (Å²) in [6.45, 7) is 0. The van der Waals surface area contributed by atoms with Crippen molar-refractivity contribution in [2.24, 2.45) is 0 Å². The summed E-state index contributed by atoms with van der Waals surface area (Å²) < 4.78 is 5.41. The van der Waals surface area contributed by atoms with Gasteiger partial charge in [-0.1, -0.05) is 35.9 Å². The molecule has 1 N–H and O–H groups in total. The highest BCUT2D eigenvalue weighted by atomic mass is 35.5. The predicted molar refractivity (Wildman–Crippen MR) is 65.1 cm³/mol. The number of para-hydroxylation sites is 1. The summed E-state index contributed by atoms with van der Waals surface area (Å²) in [5, 5.41) is 10.4. The standard InChI is InChI=1S/C12H8BClO2/c14-8-5-6-9-10-3-1-2-4-12(10)16-13(15)11(9)7-8/h1-7,15H. The van der Waals surface area contributed by atoms with Gasteiger partial charge in [0.15, 0.2) is 0 Å². The van der Waals surface area contributed by atoms with Crippen LogP contribution in [-0.4, -0.2) is 12.1 Å². The lowest BCUT2D eigenvalue weighted by Crippen LogP contribution is -2.40. The second kappa shape index (κ2) is 3.54. The van der Waals surface area contributed by atoms with E-state index in [1.54, 1.807) is 6.07 Å². The minimum atomic E-state index is -0.941. The summed E-state index contributed by atoms with van der Waals surface area (Å²) in [6.07, 6.45) is 0. The molecule has 1 aliphatic rings. The number of fused-ring (bicyclic) bond motifs is 3. The van der Waals surface area contributed by atoms with Crippen molar-refractivity contribution in [2.75, 3.05) is 0 Å². The average molecular weight is 230 g/mol. The van der Waals surface area contributed by atoms with Crippen LogP contribution in [-0.2, 0) is 0 Å². The van der Waals surface area contributed by atoms with E-state index in [2.05, 4.69) is 0 Å². The highest BCUT2D eigenvalue weighted by Crippen LogP contribution is 2.33. The van der Waals surface area contributed by atoms with Crippen molar-refractivity contribution in [1.29, 1.82) is 0 Å². The topological polar surface area (TPSA) is 29.5 Å². The van der Waals surface area contributed by atoms with Crippen molar-refractivity contribution in [3.05, 3.63) is 47.5 Å². The van der Waals surface area contributed by atoms with Gasteiger partial charge in [0.05, 0.1) is 0 Å². The Labute approximate surface area is 98.6 Å². The number of hydrogen-bond donors (Lipinski definition) is 1. The molecule has 4 heteroatoms. The first-order valence-electron chi connectivity index (χ1n) is 4.99. The van der Waals surface area contributed by atoms with Gasteiger partial charge in [-0.25, -0.2) is 0 Å². The minimum Gasteiger partial charge on any atom is -0.532 e. The third kappa shape index (κ3) is 1.40. The fourth-order valence-electron chi connectivity index (χ4n) is 1.96. The van der Waals surface area contributed by atoms with Crippen LogP contribution < -0.4 is 10.1 Å². The van der Waals surface area contributed by atoms with Crippen LogP contribution in [0.5, 0.6) is 5.75 Å². The van der Waals surface area contributed by atoms with Crippen molar-refractivity contribution in [3.8, 4) is 16.9 Å². The monoisotopic (exact) mass is 230 g/mol. The van der Waals surface area contributed by atoms with E-state index in [1.165, 1.54) is 0 Å². The molecule has 0 radical (unpaired) electrons. The Morgan fingerprint density at radius 1 is 1.06 bits per heavy atom. The van der Waals surface area contributed by atoms with Crippen LogP contribution in [0.4, 0.5) is 0 Å². The van der Waals surface area contributed by atoms with Gasteiger partial charge in [-0.05, 0) is 23.8 Å². The Morgan fingerprint density at radius 2 is 1.88 bits per heavy atom. The molecule has 78 valence electrons. The Morgan fingerprint density at radius 3 is 2.75 bits per heavy atom. The first-order chi connectivity index (χ1) is 7.75. The van der Waals surface area contributed by atoms with Crippen LogP contribution >= 0.6 is 11.6 Å². The maximum atomic E-state index is 9.85. The first-order valence-corrected chi connectivity index (χ1v) is 5.37. The van der Waals surface area contributed by atoms with Gasteiger partial charge in [-0.2, -0.15) is 0 Å². The van der Waals surface area contributed by atoms with E-state index < -0.39 is 7.12 Å². The van der Waals surface area contributed by atoms with E-state index in [4.69, 9.17) is 16.3 Å². The molecule has 0 aliphatic carbocycles. The van der Waals surface area contributed by atoms with Gasteiger partial charge in [0.25, 0.3) is 0 Å². The lowest BCUT2D eigenvalue weighted by Gasteiger charge is -2.22. The number of rotatable bonds is 0. The number of benzene rings is 2. The van der Waals surface area contributed by atoms with E-state index in [0.717, 1.165) is 11.1 Å². The van der Waals surface area contributed by atoms with Crippen molar-refractivity contribution >= 4 is 24.2 Å². The Kier molecular flexibility index (Phi) is 2.16. The lowest BCUT2D eigenvalue weighted by molar-refractivity contribution is 0.431. The third-order valence-corrected chi connectivity index (χ3v) is 2.93. The molecule has 0 amide bonds. The fraction of sp³-hybridized carbons (Fsp3) is 0. The molecule has 0 unspecified atom stereocenters. The van der Waals surface area contributed by atoms with E-state index >= 15 is 0 Å². The molecule has 2 nitrogen and oxygen atoms in total. The maximum absolute atomic E-state index is 9.85. The summed E-state index contributed by atoms with van der Waals surface area (Å²) >= 11 is 5.90. The van der Waals surface area contributed by atoms with Crippen LogP contribution in [0.15, 0.2) is 42.5 Å². The zero-order chi connectivity index (χ0) is 11.1. The van der Waals surface area contributed by atoms with Crippen molar-refractivity contribution in [2.45, 2.75) is 0 Å². The SMILES string of the molecule is OB1Oc2ccccc2-c2ccc(Cl)cc21. The maximum Gasteiger partial charge on any atom is 0.560 e. The highest BCUT2D eigenvalue weighted by molar-refractivity contribution is 6.63. The molecular weight excluding hydrogens is 222 g/mol. The molecule has 16 heavy (non-hydrogen) atoms. The summed E-state index contributed by atoms with van der Waals surface area (Å²) in [7, 11) is -0.941. The van der Waals surface area contributed by atoms with Crippen LogP contribution in [0.25, 0.3) is 11.1 Å². The van der Waals surface area contributed by atoms with Crippen molar-refractivity contribution < 1.29 is 9.68 Å². The fourth-order valence-corrected chi connectivity index (χ4v) is 2.14. The smallest absolute Gasteiger partial charge is 0.532 e. The molecule has 0 aromatic heterocycles. The Balaban J connectivity index is 2.28. The van der Waals surface area contributed by atoms with E-state index in [1.807, 2.05) is 36.4 Å². The lowest BCUT2D eigenvalue weighted by atomic mass is 9.72. The zero-order valence-corrected chi connectivity index (χ0v) is 9.11. The van der Waals surface area contributed by atoms with Crippen LogP contribution in [0.3, 0.4) is 0 Å². The Bertz CT molecular complexity index is 556. The van der Waals surface area contributed by atoms with Gasteiger partial charge in [-0.15, -0.1) is 0 Å². The largest absolute Gasteiger partial charge is 0.560 e. The Hall–Kier alpha value is -1.45. The van der Waals surface area contributed by atoms with Crippen molar-refractivity contribution in [3.63, 3.8) is 0 Å². The number of hydrogen-bond acceptors (Lipinski definition) is 2. The summed E-state index contributed by atoms with van der Waals surface area (Å²) in [5.41, 5.74) is 2.67. The molecule has 2 aromatic rings. The van der Waals surface area contributed by atoms with E-state index in [-0.39, 0.29) is 0 Å². The molecule has 0 bridgehead atoms. The zero-order valence-electron chi connectivity index (χ0n) is 8.35. The molecule has 1 heterocycles. The number of halogens is 1. The molecule has 3 rings (SSSR count). The van der Waals surface area contributed by atoms with Gasteiger partial charge < -0.3 is 9.68 Å². The van der Waals surface area contributed by atoms with Crippen LogP contribution in [0, 0.1) is 0 Å². The van der Waals surface area contributed by atoms with Gasteiger partial charge >= 0.3 is 7.12 Å². The predicted octanol–water partition coefficient (Wildman–Crippen LogP) is 2.09. The normalized spacial score (nSPS) is 12.8. The second-order valence-electron chi connectivity index (χ2n) is 3.70. The minimum absolute atomic E-state index is 0.598. The third-order valence-electron chi connectivity index (χ3n) is 2.70. The summed E-state index contributed by atoms with van der Waals surface area (Å²) in [4.78, 5) is 0. The van der Waals surface area contributed by atoms with Crippen LogP contribution in [0.2, 0.25) is 5.02 Å². The average Bonchev–Trinajstić information content (AvgIpc) is 2.29. The van der Waals surface area contributed by atoms with Gasteiger partial charge in [0.2, 0.25) is 0 Å². The van der Waals surface area contributed by atoms with Gasteiger partial charge in [-0.3, -0.25) is 0 Å². The van der Waals surface area contributed by atoms with E-state index in [0.29, 0.717) is 16.2 Å². The highest BCUT2D eigenvalue weighted by Gasteiger charge is 2.29. The van der Waals surface area contributed by atoms with E-state index in [9.17, 15) is 5.02 Å². The molecule has 0 fully saturated rings. The molecular formula is C12H8BClO2. The first kappa shape index (κ1) is 9.76. The van der Waals surface area contributed by atoms with Gasteiger partial charge in [0.1, 0.15) is 5.75 Å². The molecule has 0 atom stereocenters. The van der Waals surface area contributed by atoms with Gasteiger partial charge in [0, 0.05) is 16.0 Å². The quantitative estimate of drug-likeness (QED) is 0.702. The van der Waals surface area contributed by atoms with Crippen molar-refractivity contribution in [1.82, 2.24) is 0 Å².